The molecule has 0 bridgehead atoms. The standard InChI is InChI=1S/C28H19Cl/c29-28-26(22-16-8-3-9-17-22)23-18-10-11-19-24(23)27(28)25(20-12-4-1-5-13-20)21-14-6-2-7-15-21/h1-19H. The molecule has 0 fully saturated rings. The predicted octanol–water partition coefficient (Wildman–Crippen LogP) is 7.66. The van der Waals surface area contributed by atoms with Crippen LogP contribution < -0.4 is 0 Å². The summed E-state index contributed by atoms with van der Waals surface area (Å²) in [5.41, 5.74) is 9.19. The van der Waals surface area contributed by atoms with Crippen LogP contribution in [-0.4, -0.2) is 0 Å². The van der Waals surface area contributed by atoms with Crippen molar-refractivity contribution >= 4 is 28.3 Å². The molecule has 0 N–H and O–H groups in total. The van der Waals surface area contributed by atoms with Crippen LogP contribution >= 0.6 is 11.6 Å². The van der Waals surface area contributed by atoms with Crippen molar-refractivity contribution < 1.29 is 0 Å². The van der Waals surface area contributed by atoms with E-state index in [4.69, 9.17) is 11.6 Å². The minimum Gasteiger partial charge on any atom is -0.0829 e. The summed E-state index contributed by atoms with van der Waals surface area (Å²) in [7, 11) is 0. The molecule has 4 aromatic rings. The van der Waals surface area contributed by atoms with Gasteiger partial charge in [0, 0.05) is 11.1 Å². The lowest BCUT2D eigenvalue weighted by Gasteiger charge is -2.14. The number of benzene rings is 4. The highest BCUT2D eigenvalue weighted by atomic mass is 35.5. The summed E-state index contributed by atoms with van der Waals surface area (Å²) in [5.74, 6) is 0. The molecule has 29 heavy (non-hydrogen) atoms. The Balaban J connectivity index is 1.89. The molecule has 138 valence electrons. The average Bonchev–Trinajstić information content (AvgIpc) is 3.08. The summed E-state index contributed by atoms with van der Waals surface area (Å²) in [4.78, 5) is 0. The topological polar surface area (TPSA) is 0 Å². The van der Waals surface area contributed by atoms with E-state index >= 15 is 0 Å². The van der Waals surface area contributed by atoms with Gasteiger partial charge >= 0.3 is 0 Å². The quantitative estimate of drug-likeness (QED) is 0.337. The molecule has 1 heteroatoms. The summed E-state index contributed by atoms with van der Waals surface area (Å²) in [6.45, 7) is 0. The smallest absolute Gasteiger partial charge is 0.0575 e. The van der Waals surface area contributed by atoms with Crippen molar-refractivity contribution in [3.63, 3.8) is 0 Å². The lowest BCUT2D eigenvalue weighted by Crippen LogP contribution is -1.94. The molecule has 0 aliphatic heterocycles. The molecule has 0 saturated heterocycles. The minimum atomic E-state index is 0.806. The summed E-state index contributed by atoms with van der Waals surface area (Å²) in [5, 5.41) is 0.806. The van der Waals surface area contributed by atoms with Crippen molar-refractivity contribution in [1.29, 1.82) is 0 Å². The van der Waals surface area contributed by atoms with Crippen LogP contribution in [0.15, 0.2) is 120 Å². The van der Waals surface area contributed by atoms with Crippen LogP contribution in [0.3, 0.4) is 0 Å². The van der Waals surface area contributed by atoms with E-state index in [9.17, 15) is 0 Å². The Hall–Kier alpha value is -3.35. The van der Waals surface area contributed by atoms with E-state index in [0.29, 0.717) is 0 Å². The summed E-state index contributed by atoms with van der Waals surface area (Å²) in [6, 6.07) is 40.0. The van der Waals surface area contributed by atoms with Crippen LogP contribution in [0.25, 0.3) is 16.7 Å². The molecule has 1 aliphatic rings. The van der Waals surface area contributed by atoms with E-state index in [0.717, 1.165) is 38.4 Å². The van der Waals surface area contributed by atoms with E-state index < -0.39 is 0 Å². The van der Waals surface area contributed by atoms with Gasteiger partial charge in [0.05, 0.1) is 5.03 Å². The fraction of sp³-hybridized carbons (Fsp3) is 0. The summed E-state index contributed by atoms with van der Waals surface area (Å²) >= 11 is 7.16. The fourth-order valence-corrected chi connectivity index (χ4v) is 4.48. The molecular formula is C28H19Cl. The van der Waals surface area contributed by atoms with Crippen molar-refractivity contribution in [2.45, 2.75) is 0 Å². The summed E-state index contributed by atoms with van der Waals surface area (Å²) < 4.78 is 0. The van der Waals surface area contributed by atoms with Gasteiger partial charge in [-0.15, -0.1) is 0 Å². The number of hydrogen-bond donors (Lipinski definition) is 0. The lowest BCUT2D eigenvalue weighted by atomic mass is 9.90. The normalized spacial score (nSPS) is 12.8. The molecule has 0 unspecified atom stereocenters. The van der Waals surface area contributed by atoms with Gasteiger partial charge in [-0.05, 0) is 33.4 Å². The molecule has 1 aliphatic carbocycles. The van der Waals surface area contributed by atoms with Gasteiger partial charge in [-0.3, -0.25) is 0 Å². The Labute approximate surface area is 176 Å². The molecular weight excluding hydrogens is 372 g/mol. The SMILES string of the molecule is ClC1=C(c2ccccc2)c2ccccc2C1=C(c1ccccc1)c1ccccc1. The molecule has 0 atom stereocenters. The molecule has 0 aromatic heterocycles. The van der Waals surface area contributed by atoms with Crippen LogP contribution in [0.5, 0.6) is 0 Å². The highest BCUT2D eigenvalue weighted by molar-refractivity contribution is 6.45. The van der Waals surface area contributed by atoms with Gasteiger partial charge in [0.15, 0.2) is 0 Å². The fourth-order valence-electron chi connectivity index (χ4n) is 4.08. The average molecular weight is 391 g/mol. The van der Waals surface area contributed by atoms with E-state index in [1.807, 2.05) is 18.2 Å². The van der Waals surface area contributed by atoms with Crippen molar-refractivity contribution in [1.82, 2.24) is 0 Å². The van der Waals surface area contributed by atoms with Crippen LogP contribution in [0.4, 0.5) is 0 Å². The highest BCUT2D eigenvalue weighted by Gasteiger charge is 2.29. The first-order valence-electron chi connectivity index (χ1n) is 9.75. The first kappa shape index (κ1) is 17.7. The monoisotopic (exact) mass is 390 g/mol. The third-order valence-corrected chi connectivity index (χ3v) is 5.72. The van der Waals surface area contributed by atoms with Gasteiger partial charge in [0.25, 0.3) is 0 Å². The van der Waals surface area contributed by atoms with Crippen molar-refractivity contribution in [2.75, 3.05) is 0 Å². The van der Waals surface area contributed by atoms with Crippen molar-refractivity contribution in [3.05, 3.63) is 148 Å². The first-order chi connectivity index (χ1) is 14.3. The van der Waals surface area contributed by atoms with Crippen LogP contribution in [0.2, 0.25) is 0 Å². The summed E-state index contributed by atoms with van der Waals surface area (Å²) in [6.07, 6.45) is 0. The van der Waals surface area contributed by atoms with Gasteiger partial charge in [0.2, 0.25) is 0 Å². The second-order valence-electron chi connectivity index (χ2n) is 7.08. The Morgan fingerprint density at radius 1 is 0.483 bits per heavy atom. The Bertz CT molecular complexity index is 1180. The maximum Gasteiger partial charge on any atom is 0.0575 e. The lowest BCUT2D eigenvalue weighted by molar-refractivity contribution is 1.53. The van der Waals surface area contributed by atoms with Crippen LogP contribution in [0, 0.1) is 0 Å². The van der Waals surface area contributed by atoms with E-state index in [2.05, 4.69) is 97.1 Å². The molecule has 0 nitrogen and oxygen atoms in total. The van der Waals surface area contributed by atoms with Gasteiger partial charge < -0.3 is 0 Å². The van der Waals surface area contributed by atoms with E-state index in [1.54, 1.807) is 0 Å². The van der Waals surface area contributed by atoms with Gasteiger partial charge in [-0.1, -0.05) is 127 Å². The molecule has 0 heterocycles. The maximum absolute atomic E-state index is 7.16. The Morgan fingerprint density at radius 3 is 1.48 bits per heavy atom. The zero-order valence-electron chi connectivity index (χ0n) is 15.8. The largest absolute Gasteiger partial charge is 0.0829 e. The zero-order valence-corrected chi connectivity index (χ0v) is 16.6. The number of allylic oxidation sites excluding steroid dienone is 2. The number of halogens is 1. The molecule has 0 spiro atoms. The second kappa shape index (κ2) is 7.58. The molecule has 5 rings (SSSR count). The third-order valence-electron chi connectivity index (χ3n) is 5.34. The van der Waals surface area contributed by atoms with Crippen molar-refractivity contribution in [3.8, 4) is 0 Å². The van der Waals surface area contributed by atoms with Crippen molar-refractivity contribution in [2.24, 2.45) is 0 Å². The predicted molar refractivity (Wildman–Crippen MR) is 124 cm³/mol. The highest BCUT2D eigenvalue weighted by Crippen LogP contribution is 2.50. The van der Waals surface area contributed by atoms with Crippen LogP contribution in [0.1, 0.15) is 27.8 Å². The van der Waals surface area contributed by atoms with E-state index in [1.165, 1.54) is 11.1 Å². The van der Waals surface area contributed by atoms with Gasteiger partial charge in [-0.25, -0.2) is 0 Å². The first-order valence-corrected chi connectivity index (χ1v) is 10.1. The number of fused-ring (bicyclic) bond motifs is 1. The van der Waals surface area contributed by atoms with Crippen LogP contribution in [-0.2, 0) is 0 Å². The zero-order chi connectivity index (χ0) is 19.6. The Morgan fingerprint density at radius 2 is 0.931 bits per heavy atom. The second-order valence-corrected chi connectivity index (χ2v) is 7.46. The number of hydrogen-bond acceptors (Lipinski definition) is 0. The molecule has 0 saturated carbocycles. The maximum atomic E-state index is 7.16. The molecule has 0 radical (unpaired) electrons. The number of rotatable bonds is 3. The van der Waals surface area contributed by atoms with E-state index in [-0.39, 0.29) is 0 Å². The van der Waals surface area contributed by atoms with Gasteiger partial charge in [-0.2, -0.15) is 0 Å². The molecule has 0 amide bonds. The minimum absolute atomic E-state index is 0.806. The molecule has 4 aromatic carbocycles. The third kappa shape index (κ3) is 3.12. The van der Waals surface area contributed by atoms with Gasteiger partial charge in [0.1, 0.15) is 0 Å². The Kier molecular flexibility index (Phi) is 4.63.